The second-order valence-electron chi connectivity index (χ2n) is 5.58. The zero-order valence-electron chi connectivity index (χ0n) is 11.8. The highest BCUT2D eigenvalue weighted by atomic mass is 32.2. The summed E-state index contributed by atoms with van der Waals surface area (Å²) in [6, 6.07) is 7.71. The van der Waals surface area contributed by atoms with Gasteiger partial charge in [0.1, 0.15) is 0 Å². The van der Waals surface area contributed by atoms with Gasteiger partial charge in [0.05, 0.1) is 0 Å². The van der Waals surface area contributed by atoms with Crippen LogP contribution < -0.4 is 5.32 Å². The summed E-state index contributed by atoms with van der Waals surface area (Å²) >= 11 is 2.00. The lowest BCUT2D eigenvalue weighted by Crippen LogP contribution is -2.15. The van der Waals surface area contributed by atoms with Crippen LogP contribution in [0.2, 0.25) is 0 Å². The fraction of sp³-hybridized carbons (Fsp3) is 0.625. The van der Waals surface area contributed by atoms with E-state index in [0.29, 0.717) is 0 Å². The summed E-state index contributed by atoms with van der Waals surface area (Å²) in [7, 11) is 0. The van der Waals surface area contributed by atoms with E-state index >= 15 is 0 Å². The van der Waals surface area contributed by atoms with Crippen LogP contribution in [-0.4, -0.2) is 11.8 Å². The van der Waals surface area contributed by atoms with E-state index in [-0.39, 0.29) is 0 Å². The van der Waals surface area contributed by atoms with E-state index in [4.69, 9.17) is 0 Å². The third kappa shape index (κ3) is 4.33. The normalized spacial score (nSPS) is 16.8. The molecule has 0 aromatic heterocycles. The van der Waals surface area contributed by atoms with Gasteiger partial charge < -0.3 is 5.32 Å². The van der Waals surface area contributed by atoms with Crippen LogP contribution in [0.25, 0.3) is 0 Å². The van der Waals surface area contributed by atoms with Crippen molar-refractivity contribution >= 4 is 11.8 Å². The minimum atomic E-state index is 0.796. The Morgan fingerprint density at radius 3 is 2.78 bits per heavy atom. The zero-order valence-corrected chi connectivity index (χ0v) is 12.6. The van der Waals surface area contributed by atoms with E-state index in [1.54, 1.807) is 0 Å². The molecule has 0 radical (unpaired) electrons. The summed E-state index contributed by atoms with van der Waals surface area (Å²) < 4.78 is 0. The Morgan fingerprint density at radius 1 is 1.39 bits per heavy atom. The maximum Gasteiger partial charge on any atom is 0.0208 e. The van der Waals surface area contributed by atoms with E-state index < -0.39 is 0 Å². The van der Waals surface area contributed by atoms with Gasteiger partial charge in [-0.1, -0.05) is 32.4 Å². The Bertz CT molecular complexity index is 385. The summed E-state index contributed by atoms with van der Waals surface area (Å²) in [6.45, 7) is 7.86. The summed E-state index contributed by atoms with van der Waals surface area (Å²) in [5.74, 6) is 2.04. The van der Waals surface area contributed by atoms with Crippen LogP contribution in [0.5, 0.6) is 0 Å². The number of hydrogen-bond donors (Lipinski definition) is 1. The van der Waals surface area contributed by atoms with Crippen molar-refractivity contribution in [1.29, 1.82) is 0 Å². The summed E-state index contributed by atoms with van der Waals surface area (Å²) in [6.07, 6.45) is 4.00. The Kier molecular flexibility index (Phi) is 5.13. The van der Waals surface area contributed by atoms with E-state index in [1.807, 2.05) is 11.8 Å². The predicted molar refractivity (Wildman–Crippen MR) is 81.2 cm³/mol. The second kappa shape index (κ2) is 6.63. The van der Waals surface area contributed by atoms with Gasteiger partial charge in [0.25, 0.3) is 0 Å². The van der Waals surface area contributed by atoms with Crippen molar-refractivity contribution in [2.45, 2.75) is 57.5 Å². The van der Waals surface area contributed by atoms with Crippen LogP contribution in [0.3, 0.4) is 0 Å². The summed E-state index contributed by atoms with van der Waals surface area (Å²) in [5.41, 5.74) is 2.85. The van der Waals surface area contributed by atoms with Crippen LogP contribution in [0, 0.1) is 12.8 Å². The monoisotopic (exact) mass is 263 g/mol. The van der Waals surface area contributed by atoms with Crippen molar-refractivity contribution in [3.8, 4) is 0 Å². The average Bonchev–Trinajstić information content (AvgIpc) is 3.18. The molecule has 1 aliphatic carbocycles. The third-order valence-electron chi connectivity index (χ3n) is 3.63. The van der Waals surface area contributed by atoms with Gasteiger partial charge in [-0.2, -0.15) is 0 Å². The zero-order chi connectivity index (χ0) is 13.0. The van der Waals surface area contributed by atoms with Crippen molar-refractivity contribution < 1.29 is 0 Å². The lowest BCUT2D eigenvalue weighted by Gasteiger charge is -2.11. The molecule has 18 heavy (non-hydrogen) atoms. The highest BCUT2D eigenvalue weighted by Crippen LogP contribution is 2.26. The van der Waals surface area contributed by atoms with Crippen molar-refractivity contribution in [2.75, 3.05) is 5.75 Å². The van der Waals surface area contributed by atoms with Crippen LogP contribution in [-0.2, 0) is 6.54 Å². The standard InChI is InChI=1S/C16H25NS/c1-4-12(2)11-18-16-8-5-14(9-13(16)3)10-17-15-6-7-15/h5,8-9,12,15,17H,4,6-7,10-11H2,1-3H3. The average molecular weight is 263 g/mol. The molecule has 1 aromatic rings. The van der Waals surface area contributed by atoms with Crippen molar-refractivity contribution in [2.24, 2.45) is 5.92 Å². The molecular formula is C16H25NS. The SMILES string of the molecule is CCC(C)CSc1ccc(CNC2CC2)cc1C. The number of benzene rings is 1. The molecule has 0 bridgehead atoms. The molecule has 1 aromatic carbocycles. The van der Waals surface area contributed by atoms with Crippen LogP contribution in [0.1, 0.15) is 44.2 Å². The van der Waals surface area contributed by atoms with Crippen LogP contribution >= 0.6 is 11.8 Å². The lowest BCUT2D eigenvalue weighted by atomic mass is 10.1. The number of thioether (sulfide) groups is 1. The van der Waals surface area contributed by atoms with E-state index in [2.05, 4.69) is 44.3 Å². The smallest absolute Gasteiger partial charge is 0.0208 e. The first-order valence-corrected chi connectivity index (χ1v) is 8.13. The molecule has 2 heteroatoms. The molecule has 0 spiro atoms. The van der Waals surface area contributed by atoms with Crippen molar-refractivity contribution in [3.05, 3.63) is 29.3 Å². The molecule has 100 valence electrons. The minimum Gasteiger partial charge on any atom is -0.310 e. The molecule has 1 atom stereocenters. The molecule has 1 unspecified atom stereocenters. The number of rotatable bonds is 7. The van der Waals surface area contributed by atoms with E-state index in [1.165, 1.54) is 41.0 Å². The third-order valence-corrected chi connectivity index (χ3v) is 5.14. The Balaban J connectivity index is 1.87. The molecule has 0 heterocycles. The highest BCUT2D eigenvalue weighted by molar-refractivity contribution is 7.99. The quantitative estimate of drug-likeness (QED) is 0.732. The second-order valence-corrected chi connectivity index (χ2v) is 6.64. The Labute approximate surface area is 116 Å². The largest absolute Gasteiger partial charge is 0.310 e. The van der Waals surface area contributed by atoms with Gasteiger partial charge in [0.15, 0.2) is 0 Å². The molecule has 2 rings (SSSR count). The molecule has 1 N–H and O–H groups in total. The summed E-state index contributed by atoms with van der Waals surface area (Å²) in [5, 5.41) is 3.57. The number of aryl methyl sites for hydroxylation is 1. The minimum absolute atomic E-state index is 0.796. The lowest BCUT2D eigenvalue weighted by molar-refractivity contribution is 0.637. The Morgan fingerprint density at radius 2 is 2.17 bits per heavy atom. The van der Waals surface area contributed by atoms with E-state index in [0.717, 1.165) is 18.5 Å². The van der Waals surface area contributed by atoms with Gasteiger partial charge in [-0.15, -0.1) is 11.8 Å². The number of hydrogen-bond acceptors (Lipinski definition) is 2. The fourth-order valence-corrected chi connectivity index (χ4v) is 3.03. The van der Waals surface area contributed by atoms with Gasteiger partial charge in [-0.3, -0.25) is 0 Å². The molecule has 0 saturated heterocycles. The first-order chi connectivity index (χ1) is 8.69. The Hall–Kier alpha value is -0.470. The predicted octanol–water partition coefficient (Wildman–Crippen LogP) is 4.39. The topological polar surface area (TPSA) is 12.0 Å². The molecule has 0 aliphatic heterocycles. The molecule has 1 aliphatic rings. The van der Waals surface area contributed by atoms with E-state index in [9.17, 15) is 0 Å². The first-order valence-electron chi connectivity index (χ1n) is 7.14. The van der Waals surface area contributed by atoms with Crippen LogP contribution in [0.15, 0.2) is 23.1 Å². The molecule has 1 fully saturated rings. The van der Waals surface area contributed by atoms with Gasteiger partial charge in [-0.05, 0) is 42.9 Å². The fourth-order valence-electron chi connectivity index (χ4n) is 1.88. The maximum atomic E-state index is 3.57. The van der Waals surface area contributed by atoms with Gasteiger partial charge in [0, 0.05) is 23.2 Å². The molecular weight excluding hydrogens is 238 g/mol. The van der Waals surface area contributed by atoms with Crippen molar-refractivity contribution in [1.82, 2.24) is 5.32 Å². The molecule has 1 nitrogen and oxygen atoms in total. The van der Waals surface area contributed by atoms with Crippen molar-refractivity contribution in [3.63, 3.8) is 0 Å². The van der Waals surface area contributed by atoms with Gasteiger partial charge in [0.2, 0.25) is 0 Å². The van der Waals surface area contributed by atoms with Gasteiger partial charge >= 0.3 is 0 Å². The van der Waals surface area contributed by atoms with Crippen LogP contribution in [0.4, 0.5) is 0 Å². The summed E-state index contributed by atoms with van der Waals surface area (Å²) in [4.78, 5) is 1.45. The molecule has 0 amide bonds. The molecule has 1 saturated carbocycles. The first kappa shape index (κ1) is 14.0. The maximum absolute atomic E-state index is 3.57. The number of nitrogens with one attached hydrogen (secondary N) is 1. The highest BCUT2D eigenvalue weighted by Gasteiger charge is 2.19. The van der Waals surface area contributed by atoms with Gasteiger partial charge in [-0.25, -0.2) is 0 Å².